The van der Waals surface area contributed by atoms with Crippen LogP contribution in [0.5, 0.6) is 5.75 Å². The van der Waals surface area contributed by atoms with Crippen molar-refractivity contribution in [2.75, 3.05) is 23.8 Å². The van der Waals surface area contributed by atoms with E-state index in [1.807, 2.05) is 6.92 Å². The maximum atomic E-state index is 12.4. The zero-order valence-corrected chi connectivity index (χ0v) is 18.8. The molecule has 3 aromatic rings. The molecule has 0 aliphatic rings. The Bertz CT molecular complexity index is 1280. The molecule has 34 heavy (non-hydrogen) atoms. The van der Waals surface area contributed by atoms with Crippen LogP contribution < -0.4 is 20.5 Å². The summed E-state index contributed by atoms with van der Waals surface area (Å²) in [4.78, 5) is 36.3. The molecule has 1 aromatic heterocycles. The molecule has 3 rings (SSSR count). The number of nitrogens with two attached hydrogens (primary N) is 1. The van der Waals surface area contributed by atoms with Crippen LogP contribution in [0.1, 0.15) is 27.8 Å². The Morgan fingerprint density at radius 1 is 0.912 bits per heavy atom. The minimum absolute atomic E-state index is 0.340. The second-order valence-electron chi connectivity index (χ2n) is 6.78. The van der Waals surface area contributed by atoms with E-state index in [0.29, 0.717) is 29.3 Å². The van der Waals surface area contributed by atoms with Gasteiger partial charge in [0.25, 0.3) is 21.8 Å². The molecular formula is C22H21N3O8S. The van der Waals surface area contributed by atoms with Gasteiger partial charge in [-0.3, -0.25) is 9.59 Å². The van der Waals surface area contributed by atoms with Crippen molar-refractivity contribution in [1.82, 2.24) is 0 Å². The van der Waals surface area contributed by atoms with Crippen molar-refractivity contribution in [3.63, 3.8) is 0 Å². The Morgan fingerprint density at radius 3 is 2.12 bits per heavy atom. The van der Waals surface area contributed by atoms with Gasteiger partial charge in [-0.05, 0) is 67.6 Å². The van der Waals surface area contributed by atoms with Gasteiger partial charge in [-0.2, -0.15) is 0 Å². The molecule has 0 atom stereocenters. The van der Waals surface area contributed by atoms with Crippen LogP contribution in [0.4, 0.5) is 11.4 Å². The topological polar surface area (TPSA) is 167 Å². The number of sulfonamides is 1. The van der Waals surface area contributed by atoms with Crippen LogP contribution >= 0.6 is 0 Å². The van der Waals surface area contributed by atoms with E-state index in [2.05, 4.69) is 10.6 Å². The fourth-order valence-electron chi connectivity index (χ4n) is 2.69. The van der Waals surface area contributed by atoms with Crippen LogP contribution in [-0.4, -0.2) is 39.4 Å². The van der Waals surface area contributed by atoms with E-state index in [-0.39, 0.29) is 5.91 Å². The smallest absolute Gasteiger partial charge is 0.374 e. The second kappa shape index (κ2) is 10.6. The molecule has 4 N–H and O–H groups in total. The van der Waals surface area contributed by atoms with Crippen LogP contribution in [0.15, 0.2) is 70.2 Å². The number of hydrogen-bond donors (Lipinski definition) is 3. The van der Waals surface area contributed by atoms with Crippen molar-refractivity contribution in [2.45, 2.75) is 12.0 Å². The lowest BCUT2D eigenvalue weighted by Crippen LogP contribution is -2.21. The van der Waals surface area contributed by atoms with Gasteiger partial charge in [0.2, 0.25) is 10.9 Å². The Kier molecular flexibility index (Phi) is 7.66. The third-order valence-corrected chi connectivity index (χ3v) is 5.03. The van der Waals surface area contributed by atoms with Gasteiger partial charge in [0.15, 0.2) is 6.61 Å². The number of benzene rings is 2. The van der Waals surface area contributed by atoms with Crippen LogP contribution in [0, 0.1) is 0 Å². The Morgan fingerprint density at radius 2 is 1.53 bits per heavy atom. The highest BCUT2D eigenvalue weighted by Gasteiger charge is 2.19. The van der Waals surface area contributed by atoms with Crippen LogP contribution in [0.2, 0.25) is 0 Å². The number of ether oxygens (including phenoxy) is 2. The summed E-state index contributed by atoms with van der Waals surface area (Å²) in [6.45, 7) is 1.77. The lowest BCUT2D eigenvalue weighted by molar-refractivity contribution is -0.119. The van der Waals surface area contributed by atoms with Gasteiger partial charge in [-0.15, -0.1) is 0 Å². The molecule has 11 nitrogen and oxygen atoms in total. The lowest BCUT2D eigenvalue weighted by Gasteiger charge is -2.09. The van der Waals surface area contributed by atoms with E-state index in [1.165, 1.54) is 24.3 Å². The van der Waals surface area contributed by atoms with E-state index in [0.717, 1.165) is 12.1 Å². The molecule has 0 radical (unpaired) electrons. The Balaban J connectivity index is 1.49. The number of carbonyl (C=O) groups is 3. The quantitative estimate of drug-likeness (QED) is 0.387. The first-order valence-corrected chi connectivity index (χ1v) is 11.4. The molecule has 1 heterocycles. The number of hydrogen-bond acceptors (Lipinski definition) is 8. The van der Waals surface area contributed by atoms with Crippen molar-refractivity contribution < 1.29 is 36.7 Å². The summed E-state index contributed by atoms with van der Waals surface area (Å²) in [7, 11) is -4.11. The van der Waals surface area contributed by atoms with Gasteiger partial charge in [0.1, 0.15) is 5.75 Å². The molecule has 0 unspecified atom stereocenters. The molecule has 2 amide bonds. The zero-order valence-electron chi connectivity index (χ0n) is 17.9. The van der Waals surface area contributed by atoms with Crippen LogP contribution in [0.3, 0.4) is 0 Å². The van der Waals surface area contributed by atoms with Crippen molar-refractivity contribution in [3.05, 3.63) is 72.0 Å². The van der Waals surface area contributed by atoms with Gasteiger partial charge in [-0.1, -0.05) is 0 Å². The van der Waals surface area contributed by atoms with E-state index in [9.17, 15) is 22.8 Å². The first-order chi connectivity index (χ1) is 16.2. The molecule has 0 spiro atoms. The molecule has 0 fully saturated rings. The maximum absolute atomic E-state index is 12.4. The van der Waals surface area contributed by atoms with Crippen LogP contribution in [-0.2, 0) is 19.6 Å². The summed E-state index contributed by atoms with van der Waals surface area (Å²) < 4.78 is 37.3. The predicted molar refractivity (Wildman–Crippen MR) is 121 cm³/mol. The van der Waals surface area contributed by atoms with E-state index in [4.69, 9.17) is 19.0 Å². The normalized spacial score (nSPS) is 10.9. The Hall–Kier alpha value is -4.16. The number of esters is 1. The molecule has 0 saturated carbocycles. The highest BCUT2D eigenvalue weighted by molar-refractivity contribution is 7.89. The number of furan rings is 1. The molecule has 12 heteroatoms. The predicted octanol–water partition coefficient (Wildman–Crippen LogP) is 2.37. The van der Waals surface area contributed by atoms with Crippen molar-refractivity contribution in [2.24, 2.45) is 5.14 Å². The molecule has 0 saturated heterocycles. The minimum Gasteiger partial charge on any atom is -0.494 e. The van der Waals surface area contributed by atoms with Crippen molar-refractivity contribution >= 4 is 39.2 Å². The number of amides is 2. The maximum Gasteiger partial charge on any atom is 0.374 e. The average molecular weight is 487 g/mol. The summed E-state index contributed by atoms with van der Waals surface area (Å²) >= 11 is 0. The molecule has 0 aliphatic carbocycles. The number of carbonyl (C=O) groups excluding carboxylic acids is 3. The number of rotatable bonds is 9. The monoisotopic (exact) mass is 487 g/mol. The minimum atomic E-state index is -4.11. The van der Waals surface area contributed by atoms with E-state index in [1.54, 1.807) is 24.3 Å². The zero-order chi connectivity index (χ0) is 24.7. The number of primary sulfonamides is 1. The van der Waals surface area contributed by atoms with Crippen LogP contribution in [0.25, 0.3) is 0 Å². The number of anilines is 2. The Labute approximate surface area is 194 Å². The van der Waals surface area contributed by atoms with Gasteiger partial charge in [0.05, 0.1) is 6.61 Å². The van der Waals surface area contributed by atoms with Gasteiger partial charge < -0.3 is 24.5 Å². The average Bonchev–Trinajstić information content (AvgIpc) is 3.31. The van der Waals surface area contributed by atoms with Gasteiger partial charge in [-0.25, -0.2) is 18.4 Å². The van der Waals surface area contributed by atoms with Gasteiger partial charge in [0, 0.05) is 16.9 Å². The first kappa shape index (κ1) is 24.5. The SMILES string of the molecule is CCOc1ccc(NC(=O)c2ccc(NC(=O)COC(=O)c3ccc(S(N)(=O)=O)o3)cc2)cc1. The highest BCUT2D eigenvalue weighted by atomic mass is 32.2. The summed E-state index contributed by atoms with van der Waals surface area (Å²) in [6.07, 6.45) is 0. The fraction of sp³-hybridized carbons (Fsp3) is 0.136. The van der Waals surface area contributed by atoms with Gasteiger partial charge >= 0.3 is 5.97 Å². The van der Waals surface area contributed by atoms with Crippen molar-refractivity contribution in [1.29, 1.82) is 0 Å². The molecule has 0 aliphatic heterocycles. The fourth-order valence-corrected chi connectivity index (χ4v) is 3.16. The van der Waals surface area contributed by atoms with E-state index < -0.39 is 39.4 Å². The third-order valence-electron chi connectivity index (χ3n) is 4.25. The standard InChI is InChI=1S/C22H21N3O8S/c1-2-31-17-9-7-16(8-10-17)25-21(27)14-3-5-15(6-4-14)24-19(26)13-32-22(28)18-11-12-20(33-18)34(23,29)30/h3-12H,2,13H2,1H3,(H,24,26)(H,25,27)(H2,23,29,30). The molecule has 2 aromatic carbocycles. The highest BCUT2D eigenvalue weighted by Crippen LogP contribution is 2.17. The summed E-state index contributed by atoms with van der Waals surface area (Å²) in [5, 5.41) is 9.55. The summed E-state index contributed by atoms with van der Waals surface area (Å²) in [5.41, 5.74) is 1.33. The summed E-state index contributed by atoms with van der Waals surface area (Å²) in [6, 6.07) is 15.1. The second-order valence-corrected chi connectivity index (χ2v) is 8.27. The van der Waals surface area contributed by atoms with E-state index >= 15 is 0 Å². The third kappa shape index (κ3) is 6.67. The molecule has 0 bridgehead atoms. The molecule has 178 valence electrons. The first-order valence-electron chi connectivity index (χ1n) is 9.89. The summed E-state index contributed by atoms with van der Waals surface area (Å²) in [5.74, 6) is -1.75. The van der Waals surface area contributed by atoms with Crippen molar-refractivity contribution in [3.8, 4) is 5.75 Å². The lowest BCUT2D eigenvalue weighted by atomic mass is 10.2. The number of nitrogens with one attached hydrogen (secondary N) is 2. The molecular weight excluding hydrogens is 466 g/mol. The largest absolute Gasteiger partial charge is 0.494 e.